The maximum absolute atomic E-state index is 12.3. The van der Waals surface area contributed by atoms with Gasteiger partial charge in [-0.15, -0.1) is 0 Å². The van der Waals surface area contributed by atoms with E-state index in [4.69, 9.17) is 16.7 Å². The van der Waals surface area contributed by atoms with Gasteiger partial charge in [0.15, 0.2) is 0 Å². The molecule has 0 fully saturated rings. The smallest absolute Gasteiger partial charge is 0.319 e. The number of anilines is 1. The van der Waals surface area contributed by atoms with Gasteiger partial charge in [-0.3, -0.25) is 4.90 Å². The van der Waals surface area contributed by atoms with Gasteiger partial charge in [0.2, 0.25) is 10.0 Å². The van der Waals surface area contributed by atoms with Crippen LogP contribution in [0.2, 0.25) is 5.02 Å². The molecule has 0 spiro atoms. The number of nitrogens with two attached hydrogens (primary N) is 1. The third kappa shape index (κ3) is 5.93. The summed E-state index contributed by atoms with van der Waals surface area (Å²) >= 11 is 6.36. The van der Waals surface area contributed by atoms with E-state index in [1.165, 1.54) is 24.3 Å². The van der Waals surface area contributed by atoms with Crippen molar-refractivity contribution in [2.45, 2.75) is 24.8 Å². The Morgan fingerprint density at radius 3 is 2.25 bits per heavy atom. The van der Waals surface area contributed by atoms with Crippen molar-refractivity contribution in [2.24, 2.45) is 5.14 Å². The lowest BCUT2D eigenvalue weighted by Crippen LogP contribution is -2.39. The molecule has 0 bridgehead atoms. The first-order chi connectivity index (χ1) is 13.3. The van der Waals surface area contributed by atoms with E-state index >= 15 is 0 Å². The normalized spacial score (nSPS) is 12.6. The molecule has 0 aliphatic rings. The third-order valence-corrected chi connectivity index (χ3v) is 5.69. The molecule has 0 radical (unpaired) electrons. The topological polar surface area (TPSA) is 105 Å². The number of rotatable bonds is 8. The predicted octanol–water partition coefficient (Wildman–Crippen LogP) is 3.19. The number of sulfonamides is 1. The SMILES string of the molecule is CCN(CC)[C@H](CNC(=O)Nc1ccc(S(N)(=O)=O)cc1)c1ccccc1Cl. The average Bonchev–Trinajstić information content (AvgIpc) is 2.65. The van der Waals surface area contributed by atoms with Crippen molar-refractivity contribution in [1.82, 2.24) is 10.2 Å². The quantitative estimate of drug-likeness (QED) is 0.605. The maximum atomic E-state index is 12.3. The van der Waals surface area contributed by atoms with Gasteiger partial charge < -0.3 is 10.6 Å². The Hall–Kier alpha value is -2.13. The van der Waals surface area contributed by atoms with Crippen molar-refractivity contribution in [3.05, 3.63) is 59.1 Å². The van der Waals surface area contributed by atoms with E-state index in [9.17, 15) is 13.2 Å². The van der Waals surface area contributed by atoms with Gasteiger partial charge in [-0.2, -0.15) is 0 Å². The summed E-state index contributed by atoms with van der Waals surface area (Å²) in [6.07, 6.45) is 0. The molecule has 0 heterocycles. The number of halogens is 1. The molecule has 0 aliphatic carbocycles. The molecule has 9 heteroatoms. The van der Waals surface area contributed by atoms with Crippen LogP contribution in [0.1, 0.15) is 25.5 Å². The molecule has 152 valence electrons. The summed E-state index contributed by atoms with van der Waals surface area (Å²) in [6.45, 7) is 6.10. The molecule has 0 unspecified atom stereocenters. The van der Waals surface area contributed by atoms with E-state index in [-0.39, 0.29) is 10.9 Å². The zero-order chi connectivity index (χ0) is 20.7. The number of nitrogens with zero attached hydrogens (tertiary/aromatic N) is 1. The van der Waals surface area contributed by atoms with Crippen LogP contribution in [0.5, 0.6) is 0 Å². The Kier molecular flexibility index (Phi) is 7.82. The molecular formula is C19H25ClN4O3S. The number of likely N-dealkylation sites (N-methyl/N-ethyl adjacent to an activating group) is 1. The first-order valence-corrected chi connectivity index (χ1v) is 10.8. The van der Waals surface area contributed by atoms with Gasteiger partial charge in [0, 0.05) is 17.3 Å². The minimum atomic E-state index is -3.77. The first kappa shape index (κ1) is 22.2. The zero-order valence-corrected chi connectivity index (χ0v) is 17.4. The zero-order valence-electron chi connectivity index (χ0n) is 15.9. The van der Waals surface area contributed by atoms with Crippen molar-refractivity contribution in [1.29, 1.82) is 0 Å². The van der Waals surface area contributed by atoms with Crippen LogP contribution < -0.4 is 15.8 Å². The van der Waals surface area contributed by atoms with Crippen LogP contribution in [0.15, 0.2) is 53.4 Å². The highest BCUT2D eigenvalue weighted by Gasteiger charge is 2.21. The fourth-order valence-corrected chi connectivity index (χ4v) is 3.72. The van der Waals surface area contributed by atoms with E-state index in [0.717, 1.165) is 18.7 Å². The molecule has 7 nitrogen and oxygen atoms in total. The molecule has 2 aromatic rings. The summed E-state index contributed by atoms with van der Waals surface area (Å²) in [5, 5.41) is 11.3. The Bertz CT molecular complexity index is 900. The van der Waals surface area contributed by atoms with Gasteiger partial charge in [-0.25, -0.2) is 18.4 Å². The van der Waals surface area contributed by atoms with E-state index in [2.05, 4.69) is 29.4 Å². The molecule has 0 saturated carbocycles. The number of nitrogens with one attached hydrogen (secondary N) is 2. The van der Waals surface area contributed by atoms with E-state index < -0.39 is 16.1 Å². The van der Waals surface area contributed by atoms with Crippen LogP contribution in [0.4, 0.5) is 10.5 Å². The molecule has 0 aromatic heterocycles. The number of urea groups is 1. The van der Waals surface area contributed by atoms with Crippen molar-refractivity contribution in [2.75, 3.05) is 25.0 Å². The highest BCUT2D eigenvalue weighted by Crippen LogP contribution is 2.27. The van der Waals surface area contributed by atoms with Crippen LogP contribution in [-0.2, 0) is 10.0 Å². The number of hydrogen-bond acceptors (Lipinski definition) is 4. The van der Waals surface area contributed by atoms with Gasteiger partial charge in [0.05, 0.1) is 10.9 Å². The molecule has 1 atom stereocenters. The summed E-state index contributed by atoms with van der Waals surface area (Å²) in [7, 11) is -3.77. The average molecular weight is 425 g/mol. The third-order valence-electron chi connectivity index (χ3n) is 4.41. The predicted molar refractivity (Wildman–Crippen MR) is 112 cm³/mol. The second kappa shape index (κ2) is 9.88. The number of benzene rings is 2. The second-order valence-electron chi connectivity index (χ2n) is 6.16. The molecule has 2 amide bonds. The molecule has 2 aromatic carbocycles. The van der Waals surface area contributed by atoms with Crippen molar-refractivity contribution in [3.8, 4) is 0 Å². The van der Waals surface area contributed by atoms with E-state index in [1.54, 1.807) is 0 Å². The highest BCUT2D eigenvalue weighted by molar-refractivity contribution is 7.89. The van der Waals surface area contributed by atoms with Gasteiger partial charge >= 0.3 is 6.03 Å². The summed E-state index contributed by atoms with van der Waals surface area (Å²) in [5.74, 6) is 0. The lowest BCUT2D eigenvalue weighted by atomic mass is 10.0. The summed E-state index contributed by atoms with van der Waals surface area (Å²) in [4.78, 5) is 14.5. The number of amides is 2. The highest BCUT2D eigenvalue weighted by atomic mass is 35.5. The van der Waals surface area contributed by atoms with Crippen LogP contribution >= 0.6 is 11.6 Å². The summed E-state index contributed by atoms with van der Waals surface area (Å²) < 4.78 is 22.6. The Morgan fingerprint density at radius 1 is 1.11 bits per heavy atom. The fraction of sp³-hybridized carbons (Fsp3) is 0.316. The second-order valence-corrected chi connectivity index (χ2v) is 8.13. The largest absolute Gasteiger partial charge is 0.336 e. The number of hydrogen-bond donors (Lipinski definition) is 3. The number of carbonyl (C=O) groups excluding carboxylic acids is 1. The monoisotopic (exact) mass is 424 g/mol. The van der Waals surface area contributed by atoms with E-state index in [0.29, 0.717) is 17.3 Å². The van der Waals surface area contributed by atoms with Gasteiger partial charge in [0.25, 0.3) is 0 Å². The molecule has 2 rings (SSSR count). The Balaban J connectivity index is 2.06. The summed E-state index contributed by atoms with van der Waals surface area (Å²) in [6, 6.07) is 12.8. The van der Waals surface area contributed by atoms with Crippen molar-refractivity contribution >= 4 is 33.3 Å². The van der Waals surface area contributed by atoms with Gasteiger partial charge in [-0.05, 0) is 49.0 Å². The molecule has 0 saturated heterocycles. The lowest BCUT2D eigenvalue weighted by molar-refractivity contribution is 0.210. The Labute approximate surface area is 170 Å². The molecule has 4 N–H and O–H groups in total. The van der Waals surface area contributed by atoms with Crippen LogP contribution in [-0.4, -0.2) is 39.0 Å². The lowest BCUT2D eigenvalue weighted by Gasteiger charge is -2.30. The number of carbonyl (C=O) groups is 1. The standard InChI is InChI=1S/C19H25ClN4O3S/c1-3-24(4-2)18(16-7-5-6-8-17(16)20)13-22-19(25)23-14-9-11-15(12-10-14)28(21,26)27/h5-12,18H,3-4,13H2,1-2H3,(H2,21,26,27)(H2,22,23,25)/t18-/m1/s1. The molecular weight excluding hydrogens is 400 g/mol. The van der Waals surface area contributed by atoms with Crippen LogP contribution in [0.3, 0.4) is 0 Å². The van der Waals surface area contributed by atoms with Gasteiger partial charge in [0.1, 0.15) is 0 Å². The molecule has 0 aliphatic heterocycles. The van der Waals surface area contributed by atoms with E-state index in [1.807, 2.05) is 24.3 Å². The minimum Gasteiger partial charge on any atom is -0.336 e. The summed E-state index contributed by atoms with van der Waals surface area (Å²) in [5.41, 5.74) is 1.41. The number of primary sulfonamides is 1. The van der Waals surface area contributed by atoms with Gasteiger partial charge in [-0.1, -0.05) is 43.6 Å². The van der Waals surface area contributed by atoms with Crippen LogP contribution in [0.25, 0.3) is 0 Å². The fourth-order valence-electron chi connectivity index (χ4n) is 2.94. The maximum Gasteiger partial charge on any atom is 0.319 e. The van der Waals surface area contributed by atoms with Crippen molar-refractivity contribution < 1.29 is 13.2 Å². The van der Waals surface area contributed by atoms with Crippen LogP contribution in [0, 0.1) is 0 Å². The minimum absolute atomic E-state index is 0.0150. The first-order valence-electron chi connectivity index (χ1n) is 8.92. The molecule has 28 heavy (non-hydrogen) atoms. The Morgan fingerprint density at radius 2 is 1.71 bits per heavy atom. The van der Waals surface area contributed by atoms with Crippen molar-refractivity contribution in [3.63, 3.8) is 0 Å².